The van der Waals surface area contributed by atoms with Gasteiger partial charge in [-0.05, 0) is 17.9 Å². The molecule has 2 aromatic rings. The smallest absolute Gasteiger partial charge is 0.395 e. The number of halogens is 3. The van der Waals surface area contributed by atoms with E-state index in [2.05, 4.69) is 4.98 Å². The van der Waals surface area contributed by atoms with Gasteiger partial charge in [0.25, 0.3) is 5.69 Å². The van der Waals surface area contributed by atoms with Crippen LogP contribution in [0.15, 0.2) is 18.2 Å². The van der Waals surface area contributed by atoms with Crippen molar-refractivity contribution in [1.29, 1.82) is 0 Å². The third-order valence-corrected chi connectivity index (χ3v) is 5.11. The topological polar surface area (TPSA) is 79.2 Å². The van der Waals surface area contributed by atoms with Crippen LogP contribution in [0.25, 0.3) is 10.9 Å². The average molecular weight is 362 g/mol. The highest BCUT2D eigenvalue weighted by Gasteiger charge is 2.39. The fourth-order valence-electron chi connectivity index (χ4n) is 2.41. The van der Waals surface area contributed by atoms with Crippen molar-refractivity contribution >= 4 is 28.4 Å². The van der Waals surface area contributed by atoms with E-state index in [0.717, 1.165) is 17.9 Å². The van der Waals surface area contributed by atoms with Gasteiger partial charge in [0.2, 0.25) is 0 Å². The van der Waals surface area contributed by atoms with Crippen LogP contribution < -0.4 is 0 Å². The van der Waals surface area contributed by atoms with E-state index < -0.39 is 27.8 Å². The van der Waals surface area contributed by atoms with Gasteiger partial charge in [-0.15, -0.1) is 0 Å². The number of nitrogens with zero attached hydrogens (tertiary/aromatic N) is 1. The summed E-state index contributed by atoms with van der Waals surface area (Å²) in [5.41, 5.74) is -2.23. The molecule has 0 aliphatic heterocycles. The van der Waals surface area contributed by atoms with Crippen LogP contribution in [0.5, 0.6) is 0 Å². The molecule has 0 aliphatic carbocycles. The number of aliphatic hydroxyl groups excluding tert-OH is 1. The molecule has 5 nitrogen and oxygen atoms in total. The van der Waals surface area contributed by atoms with Crippen LogP contribution in [-0.2, 0) is 11.6 Å². The summed E-state index contributed by atoms with van der Waals surface area (Å²) in [6.07, 6.45) is -4.82. The van der Waals surface area contributed by atoms with Crippen molar-refractivity contribution in [3.8, 4) is 0 Å². The van der Waals surface area contributed by atoms with Crippen molar-refractivity contribution < 1.29 is 23.2 Å². The number of nitro groups is 1. The third kappa shape index (κ3) is 3.51. The molecular weight excluding hydrogens is 345 g/mol. The number of aliphatic hydroxyl groups is 1. The quantitative estimate of drug-likeness (QED) is 0.599. The Labute approximate surface area is 140 Å². The van der Waals surface area contributed by atoms with E-state index in [4.69, 9.17) is 0 Å². The summed E-state index contributed by atoms with van der Waals surface area (Å²) >= 11 is 1.59. The zero-order valence-corrected chi connectivity index (χ0v) is 13.9. The molecule has 1 unspecified atom stereocenters. The monoisotopic (exact) mass is 362 g/mol. The number of nitro benzene ring substituents is 1. The standard InChI is InChI=1S/C15H17F3N2O3S/c1-3-24-8-14(2,7-21)13-5-9-4-12(20(22)23)10(15(16,17)18)6-11(9)19-13/h4-6,19,21H,3,7-8H2,1-2H3. The van der Waals surface area contributed by atoms with Gasteiger partial charge >= 0.3 is 6.18 Å². The summed E-state index contributed by atoms with van der Waals surface area (Å²) in [6, 6.07) is 3.24. The van der Waals surface area contributed by atoms with E-state index in [1.54, 1.807) is 24.8 Å². The minimum atomic E-state index is -4.82. The molecule has 0 spiro atoms. The van der Waals surface area contributed by atoms with Crippen molar-refractivity contribution in [3.63, 3.8) is 0 Å². The maximum atomic E-state index is 13.0. The number of aromatic amines is 1. The number of thioether (sulfide) groups is 1. The Morgan fingerprint density at radius 3 is 2.50 bits per heavy atom. The summed E-state index contributed by atoms with van der Waals surface area (Å²) in [5.74, 6) is 1.40. The summed E-state index contributed by atoms with van der Waals surface area (Å²) in [6.45, 7) is 3.56. The molecule has 0 fully saturated rings. The zero-order chi connectivity index (χ0) is 18.1. The second-order valence-electron chi connectivity index (χ2n) is 5.75. The van der Waals surface area contributed by atoms with Gasteiger partial charge in [0.05, 0.1) is 11.5 Å². The van der Waals surface area contributed by atoms with Gasteiger partial charge in [0.15, 0.2) is 0 Å². The largest absolute Gasteiger partial charge is 0.423 e. The minimum absolute atomic E-state index is 0.157. The fraction of sp³-hybridized carbons (Fsp3) is 0.467. The fourth-order valence-corrected chi connectivity index (χ4v) is 3.31. The van der Waals surface area contributed by atoms with E-state index >= 15 is 0 Å². The van der Waals surface area contributed by atoms with Crippen LogP contribution in [0.2, 0.25) is 0 Å². The molecule has 132 valence electrons. The van der Waals surface area contributed by atoms with Crippen LogP contribution in [0.3, 0.4) is 0 Å². The molecule has 1 aromatic heterocycles. The molecule has 0 saturated heterocycles. The average Bonchev–Trinajstić information content (AvgIpc) is 2.94. The van der Waals surface area contributed by atoms with Crippen LogP contribution >= 0.6 is 11.8 Å². The molecule has 1 aromatic carbocycles. The maximum absolute atomic E-state index is 13.0. The Hall–Kier alpha value is -1.74. The molecule has 0 saturated carbocycles. The maximum Gasteiger partial charge on any atom is 0.423 e. The predicted octanol–water partition coefficient (Wildman–Crippen LogP) is 4.10. The Morgan fingerprint density at radius 1 is 1.33 bits per heavy atom. The number of fused-ring (bicyclic) bond motifs is 1. The minimum Gasteiger partial charge on any atom is -0.395 e. The predicted molar refractivity (Wildman–Crippen MR) is 87.4 cm³/mol. The van der Waals surface area contributed by atoms with Crippen molar-refractivity contribution in [2.75, 3.05) is 18.1 Å². The lowest BCUT2D eigenvalue weighted by molar-refractivity contribution is -0.387. The molecule has 0 radical (unpaired) electrons. The Bertz CT molecular complexity index is 760. The highest BCUT2D eigenvalue weighted by molar-refractivity contribution is 7.99. The number of aromatic nitrogens is 1. The van der Waals surface area contributed by atoms with Gasteiger partial charge in [-0.25, -0.2) is 0 Å². The lowest BCUT2D eigenvalue weighted by Crippen LogP contribution is -2.30. The summed E-state index contributed by atoms with van der Waals surface area (Å²) in [5, 5.41) is 21.0. The number of hydrogen-bond acceptors (Lipinski definition) is 4. The first-order chi connectivity index (χ1) is 11.1. The Morgan fingerprint density at radius 2 is 2.00 bits per heavy atom. The number of hydrogen-bond donors (Lipinski definition) is 2. The van der Waals surface area contributed by atoms with Crippen LogP contribution in [-0.4, -0.2) is 33.1 Å². The van der Waals surface area contributed by atoms with E-state index in [-0.39, 0.29) is 12.1 Å². The Balaban J connectivity index is 2.60. The van der Waals surface area contributed by atoms with Gasteiger partial charge in [-0.2, -0.15) is 24.9 Å². The number of nitrogens with one attached hydrogen (secondary N) is 1. The molecule has 0 bridgehead atoms. The van der Waals surface area contributed by atoms with E-state index in [1.165, 1.54) is 0 Å². The third-order valence-electron chi connectivity index (χ3n) is 3.86. The Kier molecular flexibility index (Phi) is 5.14. The number of H-pyrrole nitrogens is 1. The first-order valence-electron chi connectivity index (χ1n) is 7.20. The van der Waals surface area contributed by atoms with Crippen molar-refractivity contribution in [1.82, 2.24) is 4.98 Å². The van der Waals surface area contributed by atoms with Gasteiger partial charge in [-0.3, -0.25) is 10.1 Å². The second-order valence-corrected chi connectivity index (χ2v) is 7.02. The summed E-state index contributed by atoms with van der Waals surface area (Å²) in [7, 11) is 0. The number of rotatable bonds is 6. The normalized spacial score (nSPS) is 14.8. The lowest BCUT2D eigenvalue weighted by Gasteiger charge is -2.25. The zero-order valence-electron chi connectivity index (χ0n) is 13.1. The first-order valence-corrected chi connectivity index (χ1v) is 8.35. The number of benzene rings is 1. The second kappa shape index (κ2) is 6.64. The summed E-state index contributed by atoms with van der Waals surface area (Å²) in [4.78, 5) is 12.8. The van der Waals surface area contributed by atoms with Crippen molar-refractivity contribution in [2.24, 2.45) is 0 Å². The first kappa shape index (κ1) is 18.6. The molecule has 9 heteroatoms. The molecular formula is C15H17F3N2O3S. The van der Waals surface area contributed by atoms with Crippen LogP contribution in [0, 0.1) is 10.1 Å². The molecule has 24 heavy (non-hydrogen) atoms. The summed E-state index contributed by atoms with van der Waals surface area (Å²) < 4.78 is 39.1. The highest BCUT2D eigenvalue weighted by atomic mass is 32.2. The van der Waals surface area contributed by atoms with Crippen LogP contribution in [0.4, 0.5) is 18.9 Å². The van der Waals surface area contributed by atoms with Gasteiger partial charge in [0, 0.05) is 33.8 Å². The molecule has 2 N–H and O–H groups in total. The SMILES string of the molecule is CCSCC(C)(CO)c1cc2cc([N+](=O)[O-])c(C(F)(F)F)cc2[nH]1. The van der Waals surface area contributed by atoms with E-state index in [9.17, 15) is 28.4 Å². The number of alkyl halides is 3. The van der Waals surface area contributed by atoms with Gasteiger partial charge < -0.3 is 10.1 Å². The van der Waals surface area contributed by atoms with Crippen molar-refractivity contribution in [2.45, 2.75) is 25.4 Å². The molecule has 1 heterocycles. The molecule has 2 rings (SSSR count). The highest BCUT2D eigenvalue weighted by Crippen LogP contribution is 2.39. The van der Waals surface area contributed by atoms with Crippen molar-refractivity contribution in [3.05, 3.63) is 39.6 Å². The van der Waals surface area contributed by atoms with E-state index in [1.807, 2.05) is 6.92 Å². The lowest BCUT2D eigenvalue weighted by atomic mass is 9.90. The molecule has 1 atom stereocenters. The van der Waals surface area contributed by atoms with Gasteiger partial charge in [-0.1, -0.05) is 13.8 Å². The molecule has 0 amide bonds. The van der Waals surface area contributed by atoms with Crippen LogP contribution in [0.1, 0.15) is 25.1 Å². The van der Waals surface area contributed by atoms with Gasteiger partial charge in [0.1, 0.15) is 5.56 Å². The van der Waals surface area contributed by atoms with E-state index in [0.29, 0.717) is 16.8 Å². The molecule has 0 aliphatic rings.